The fraction of sp³-hybridized carbons (Fsp3) is 0.444. The van der Waals surface area contributed by atoms with Gasteiger partial charge in [-0.25, -0.2) is 0 Å². The summed E-state index contributed by atoms with van der Waals surface area (Å²) in [6.07, 6.45) is 8.02. The van der Waals surface area contributed by atoms with Crippen molar-refractivity contribution < 1.29 is 28.4 Å². The molecular weight excluding hydrogens is 614 g/mol. The Balaban J connectivity index is 1.29. The van der Waals surface area contributed by atoms with Crippen molar-refractivity contribution in [3.8, 4) is 0 Å². The Labute approximate surface area is 278 Å². The normalized spacial score (nSPS) is 20.7. The molecule has 0 radical (unpaired) electrons. The Morgan fingerprint density at radius 1 is 1.08 bits per heavy atom. The summed E-state index contributed by atoms with van der Waals surface area (Å²) in [4.78, 5) is 78.0. The van der Waals surface area contributed by atoms with Crippen LogP contribution in [0.1, 0.15) is 68.0 Å². The second kappa shape index (κ2) is 15.3. The smallest absolute Gasteiger partial charge is 0.287 e. The maximum atomic E-state index is 13.6. The van der Waals surface area contributed by atoms with Crippen LogP contribution >= 0.6 is 0 Å². The standard InChI is InChI=1S/C36H43N5O7/c1-4-16-37-34(45)28(42)15-14-26(38-35(46)32-22(3)25-11-5-6-13-29(25)48-32)33(44)39-27-12-8-17-41(36(27)47)20-30(43)40-31-21(2)18-23-9-7-10-24(31)19-23/h4-6,8,11-13,17,21,23-24,26,31H,1,7,9-10,14-16,18-20H2,2-3H3,(H,37,45)(H,38,46)(H,39,44)(H,40,43)/t21?,23?,24?,26-,31?/m0/s1. The van der Waals surface area contributed by atoms with Crippen molar-refractivity contribution in [2.75, 3.05) is 11.9 Å². The summed E-state index contributed by atoms with van der Waals surface area (Å²) in [6.45, 7) is 7.26. The summed E-state index contributed by atoms with van der Waals surface area (Å²) in [7, 11) is 0. The van der Waals surface area contributed by atoms with Gasteiger partial charge in [0.1, 0.15) is 23.9 Å². The number of hydrogen-bond acceptors (Lipinski definition) is 7. The molecule has 2 aliphatic carbocycles. The molecule has 3 aromatic rings. The number of amides is 4. The molecule has 0 aliphatic heterocycles. The topological polar surface area (TPSA) is 169 Å². The van der Waals surface area contributed by atoms with Crippen LogP contribution in [-0.2, 0) is 25.7 Å². The van der Waals surface area contributed by atoms with E-state index in [0.29, 0.717) is 23.0 Å². The molecule has 0 spiro atoms. The van der Waals surface area contributed by atoms with Gasteiger partial charge in [0.25, 0.3) is 17.4 Å². The second-order valence-corrected chi connectivity index (χ2v) is 13.0. The van der Waals surface area contributed by atoms with E-state index in [4.69, 9.17) is 4.42 Å². The number of aromatic nitrogens is 1. The Bertz CT molecular complexity index is 1770. The maximum Gasteiger partial charge on any atom is 0.287 e. The Morgan fingerprint density at radius 2 is 1.88 bits per heavy atom. The van der Waals surface area contributed by atoms with E-state index in [0.717, 1.165) is 30.6 Å². The Morgan fingerprint density at radius 3 is 2.65 bits per heavy atom. The van der Waals surface area contributed by atoms with Crippen LogP contribution in [0.25, 0.3) is 11.0 Å². The van der Waals surface area contributed by atoms with E-state index in [9.17, 15) is 28.8 Å². The average molecular weight is 658 g/mol. The molecule has 48 heavy (non-hydrogen) atoms. The zero-order chi connectivity index (χ0) is 34.4. The summed E-state index contributed by atoms with van der Waals surface area (Å²) >= 11 is 0. The molecule has 2 saturated carbocycles. The van der Waals surface area contributed by atoms with Crippen LogP contribution in [0.2, 0.25) is 0 Å². The Hall–Kier alpha value is -5.00. The van der Waals surface area contributed by atoms with Crippen molar-refractivity contribution in [1.29, 1.82) is 0 Å². The molecule has 4 N–H and O–H groups in total. The number of nitrogens with zero attached hydrogens (tertiary/aromatic N) is 1. The molecule has 4 unspecified atom stereocenters. The quantitative estimate of drug-likeness (QED) is 0.161. The van der Waals surface area contributed by atoms with E-state index in [1.807, 2.05) is 6.07 Å². The number of pyridine rings is 1. The summed E-state index contributed by atoms with van der Waals surface area (Å²) in [6, 6.07) is 8.78. The second-order valence-electron chi connectivity index (χ2n) is 13.0. The first-order chi connectivity index (χ1) is 23.0. The molecule has 12 heteroatoms. The highest BCUT2D eigenvalue weighted by Crippen LogP contribution is 2.42. The lowest BCUT2D eigenvalue weighted by atomic mass is 9.65. The number of nitrogens with one attached hydrogen (secondary N) is 4. The highest BCUT2D eigenvalue weighted by Gasteiger charge is 2.38. The third-order valence-electron chi connectivity index (χ3n) is 9.56. The molecule has 2 bridgehead atoms. The fourth-order valence-electron chi connectivity index (χ4n) is 7.17. The number of carbonyl (C=O) groups is 5. The van der Waals surface area contributed by atoms with Gasteiger partial charge in [-0.1, -0.05) is 44.0 Å². The fourth-order valence-corrected chi connectivity index (χ4v) is 7.17. The molecule has 0 saturated heterocycles. The number of furan rings is 1. The van der Waals surface area contributed by atoms with E-state index in [1.165, 1.54) is 41.8 Å². The number of aryl methyl sites for hydroxylation is 1. The van der Waals surface area contributed by atoms with Gasteiger partial charge in [-0.15, -0.1) is 6.58 Å². The highest BCUT2D eigenvalue weighted by molar-refractivity contribution is 6.36. The van der Waals surface area contributed by atoms with Gasteiger partial charge in [0, 0.05) is 36.2 Å². The van der Waals surface area contributed by atoms with Crippen LogP contribution < -0.4 is 26.8 Å². The number of hydrogen-bond donors (Lipinski definition) is 4. The van der Waals surface area contributed by atoms with Gasteiger partial charge in [-0.2, -0.15) is 0 Å². The van der Waals surface area contributed by atoms with Gasteiger partial charge in [0.2, 0.25) is 17.6 Å². The summed E-state index contributed by atoms with van der Waals surface area (Å²) in [5, 5.41) is 11.5. The van der Waals surface area contributed by atoms with Crippen molar-refractivity contribution in [2.24, 2.45) is 17.8 Å². The lowest BCUT2D eigenvalue weighted by Gasteiger charge is -2.44. The SMILES string of the molecule is C=CCNC(=O)C(=O)CC[C@H](NC(=O)c1oc2ccccc2c1C)C(=O)Nc1cccn(CC(=O)NC2C(C)CC3CCCC2C3)c1=O. The molecule has 5 rings (SSSR count). The van der Waals surface area contributed by atoms with Crippen molar-refractivity contribution in [3.05, 3.63) is 76.9 Å². The Kier molecular flexibility index (Phi) is 10.9. The molecule has 4 amide bonds. The lowest BCUT2D eigenvalue weighted by molar-refractivity contribution is -0.138. The number of benzene rings is 1. The largest absolute Gasteiger partial charge is 0.451 e. The van der Waals surface area contributed by atoms with Crippen molar-refractivity contribution in [1.82, 2.24) is 20.5 Å². The minimum Gasteiger partial charge on any atom is -0.451 e. The zero-order valence-electron chi connectivity index (χ0n) is 27.4. The molecule has 254 valence electrons. The first-order valence-corrected chi connectivity index (χ1v) is 16.6. The van der Waals surface area contributed by atoms with Gasteiger partial charge in [0.15, 0.2) is 5.76 Å². The lowest BCUT2D eigenvalue weighted by Crippen LogP contribution is -2.50. The molecule has 2 aromatic heterocycles. The van der Waals surface area contributed by atoms with Gasteiger partial charge in [0.05, 0.1) is 0 Å². The number of rotatable bonds is 13. The van der Waals surface area contributed by atoms with Gasteiger partial charge in [-0.05, 0) is 68.6 Å². The van der Waals surface area contributed by atoms with Crippen LogP contribution in [0.5, 0.6) is 0 Å². The van der Waals surface area contributed by atoms with E-state index in [-0.39, 0.29) is 49.3 Å². The minimum absolute atomic E-state index is 0.00633. The van der Waals surface area contributed by atoms with Crippen LogP contribution in [0.3, 0.4) is 0 Å². The predicted molar refractivity (Wildman–Crippen MR) is 180 cm³/mol. The van der Waals surface area contributed by atoms with Gasteiger partial charge >= 0.3 is 0 Å². The maximum absolute atomic E-state index is 13.6. The molecule has 12 nitrogen and oxygen atoms in total. The van der Waals surface area contributed by atoms with Crippen LogP contribution in [0, 0.1) is 24.7 Å². The third kappa shape index (κ3) is 7.92. The number of anilines is 1. The van der Waals surface area contributed by atoms with E-state index >= 15 is 0 Å². The number of carbonyl (C=O) groups excluding carboxylic acids is 5. The average Bonchev–Trinajstić information content (AvgIpc) is 3.41. The number of fused-ring (bicyclic) bond motifs is 3. The molecule has 2 heterocycles. The monoisotopic (exact) mass is 657 g/mol. The molecule has 5 atom stereocenters. The molecular formula is C36H43N5O7. The first kappa shape index (κ1) is 34.3. The summed E-state index contributed by atoms with van der Waals surface area (Å²) in [5.74, 6) is -1.87. The summed E-state index contributed by atoms with van der Waals surface area (Å²) < 4.78 is 6.97. The van der Waals surface area contributed by atoms with Crippen LogP contribution in [-0.4, -0.2) is 52.6 Å². The minimum atomic E-state index is -1.32. The van der Waals surface area contributed by atoms with E-state index in [1.54, 1.807) is 25.1 Å². The van der Waals surface area contributed by atoms with Crippen molar-refractivity contribution in [3.63, 3.8) is 0 Å². The number of Topliss-reactive ketones (excluding diaryl/α,β-unsaturated/α-hetero) is 1. The predicted octanol–water partition coefficient (Wildman–Crippen LogP) is 3.62. The molecule has 2 aliphatic rings. The van der Waals surface area contributed by atoms with E-state index in [2.05, 4.69) is 34.8 Å². The zero-order valence-corrected chi connectivity index (χ0v) is 27.4. The van der Waals surface area contributed by atoms with Crippen molar-refractivity contribution >= 4 is 46.1 Å². The van der Waals surface area contributed by atoms with Gasteiger partial charge < -0.3 is 30.3 Å². The number of ketones is 1. The van der Waals surface area contributed by atoms with Crippen LogP contribution in [0.4, 0.5) is 5.69 Å². The van der Waals surface area contributed by atoms with Crippen molar-refractivity contribution in [2.45, 2.75) is 77.4 Å². The third-order valence-corrected chi connectivity index (χ3v) is 9.56. The summed E-state index contributed by atoms with van der Waals surface area (Å²) in [5.41, 5.74) is 0.349. The van der Waals surface area contributed by atoms with Gasteiger partial charge in [-0.3, -0.25) is 28.8 Å². The highest BCUT2D eigenvalue weighted by atomic mass is 16.3. The van der Waals surface area contributed by atoms with Crippen LogP contribution in [0.15, 0.2) is 64.5 Å². The first-order valence-electron chi connectivity index (χ1n) is 16.6. The van der Waals surface area contributed by atoms with E-state index < -0.39 is 35.1 Å². The number of para-hydroxylation sites is 1. The molecule has 1 aromatic carbocycles. The molecule has 2 fully saturated rings.